The summed E-state index contributed by atoms with van der Waals surface area (Å²) in [4.78, 5) is 47.0. The standard InChI is InChI=1S/C19H22O8/c1-5-12(4)27-19(24)14-7-6-13(16(20)21)10-15(14)18(23)26-9-8-25-17(22)11(2)3/h6-7,10,12H,2,5,8-9H2,1,3-4H3,(H,20,21). The third-order valence-corrected chi connectivity index (χ3v) is 3.49. The van der Waals surface area contributed by atoms with Crippen LogP contribution in [0.4, 0.5) is 0 Å². The van der Waals surface area contributed by atoms with Crippen molar-refractivity contribution in [1.82, 2.24) is 0 Å². The van der Waals surface area contributed by atoms with Gasteiger partial charge in [0.1, 0.15) is 13.2 Å². The number of carbonyl (C=O) groups is 4. The summed E-state index contributed by atoms with van der Waals surface area (Å²) in [5.74, 6) is -3.58. The van der Waals surface area contributed by atoms with Crippen LogP contribution < -0.4 is 0 Å². The monoisotopic (exact) mass is 378 g/mol. The Morgan fingerprint density at radius 2 is 1.70 bits per heavy atom. The summed E-state index contributed by atoms with van der Waals surface area (Å²) >= 11 is 0. The van der Waals surface area contributed by atoms with Crippen LogP contribution in [-0.4, -0.2) is 48.3 Å². The number of carboxylic acid groups (broad SMARTS) is 1. The number of rotatable bonds is 9. The van der Waals surface area contributed by atoms with E-state index >= 15 is 0 Å². The highest BCUT2D eigenvalue weighted by Crippen LogP contribution is 2.17. The van der Waals surface area contributed by atoms with Gasteiger partial charge in [0.25, 0.3) is 0 Å². The molecule has 0 saturated heterocycles. The Balaban J connectivity index is 2.93. The van der Waals surface area contributed by atoms with Gasteiger partial charge < -0.3 is 19.3 Å². The summed E-state index contributed by atoms with van der Waals surface area (Å²) in [6.07, 6.45) is 0.203. The Morgan fingerprint density at radius 1 is 1.07 bits per heavy atom. The van der Waals surface area contributed by atoms with E-state index in [1.54, 1.807) is 6.92 Å². The van der Waals surface area contributed by atoms with Gasteiger partial charge in [-0.2, -0.15) is 0 Å². The van der Waals surface area contributed by atoms with Gasteiger partial charge in [-0.25, -0.2) is 19.2 Å². The van der Waals surface area contributed by atoms with Crippen molar-refractivity contribution in [2.24, 2.45) is 0 Å². The first-order valence-corrected chi connectivity index (χ1v) is 8.25. The normalized spacial score (nSPS) is 11.2. The fourth-order valence-electron chi connectivity index (χ4n) is 1.82. The zero-order chi connectivity index (χ0) is 20.6. The lowest BCUT2D eigenvalue weighted by Crippen LogP contribution is -2.20. The molecule has 8 heteroatoms. The topological polar surface area (TPSA) is 116 Å². The van der Waals surface area contributed by atoms with Gasteiger partial charge in [0, 0.05) is 5.57 Å². The van der Waals surface area contributed by atoms with Crippen molar-refractivity contribution >= 4 is 23.9 Å². The molecule has 0 fully saturated rings. The highest BCUT2D eigenvalue weighted by molar-refractivity contribution is 6.05. The van der Waals surface area contributed by atoms with Crippen molar-refractivity contribution in [2.75, 3.05) is 13.2 Å². The Labute approximate surface area is 156 Å². The molecule has 0 saturated carbocycles. The predicted molar refractivity (Wildman–Crippen MR) is 94.6 cm³/mol. The smallest absolute Gasteiger partial charge is 0.339 e. The molecule has 8 nitrogen and oxygen atoms in total. The second-order valence-electron chi connectivity index (χ2n) is 5.74. The maximum Gasteiger partial charge on any atom is 0.339 e. The summed E-state index contributed by atoms with van der Waals surface area (Å²) in [5, 5.41) is 9.10. The Morgan fingerprint density at radius 3 is 2.26 bits per heavy atom. The number of ether oxygens (including phenoxy) is 3. The third kappa shape index (κ3) is 6.58. The van der Waals surface area contributed by atoms with Crippen LogP contribution in [-0.2, 0) is 19.0 Å². The molecule has 1 unspecified atom stereocenters. The number of carboxylic acids is 1. The highest BCUT2D eigenvalue weighted by atomic mass is 16.6. The number of esters is 3. The van der Waals surface area contributed by atoms with E-state index in [0.29, 0.717) is 6.42 Å². The molecule has 1 aromatic carbocycles. The predicted octanol–water partition coefficient (Wildman–Crippen LogP) is 2.62. The van der Waals surface area contributed by atoms with Crippen LogP contribution in [0.2, 0.25) is 0 Å². The lowest BCUT2D eigenvalue weighted by atomic mass is 10.0. The van der Waals surface area contributed by atoms with Crippen molar-refractivity contribution in [3.8, 4) is 0 Å². The molecule has 1 rings (SSSR count). The molecule has 1 aromatic rings. The van der Waals surface area contributed by atoms with Crippen molar-refractivity contribution in [1.29, 1.82) is 0 Å². The van der Waals surface area contributed by atoms with Crippen LogP contribution in [0.15, 0.2) is 30.4 Å². The quantitative estimate of drug-likeness (QED) is 0.302. The molecule has 0 heterocycles. The van der Waals surface area contributed by atoms with Crippen molar-refractivity contribution in [3.63, 3.8) is 0 Å². The highest BCUT2D eigenvalue weighted by Gasteiger charge is 2.23. The minimum absolute atomic E-state index is 0.107. The second-order valence-corrected chi connectivity index (χ2v) is 5.74. The lowest BCUT2D eigenvalue weighted by molar-refractivity contribution is -0.140. The molecule has 0 aliphatic heterocycles. The summed E-state index contributed by atoms with van der Waals surface area (Å²) in [5.41, 5.74) is -0.333. The van der Waals surface area contributed by atoms with Crippen LogP contribution in [0.3, 0.4) is 0 Å². The molecule has 1 N–H and O–H groups in total. The molecule has 0 aliphatic carbocycles. The maximum absolute atomic E-state index is 12.3. The fourth-order valence-corrected chi connectivity index (χ4v) is 1.82. The van der Waals surface area contributed by atoms with Crippen LogP contribution in [0, 0.1) is 0 Å². The van der Waals surface area contributed by atoms with Crippen molar-refractivity contribution in [2.45, 2.75) is 33.3 Å². The van der Waals surface area contributed by atoms with Gasteiger partial charge >= 0.3 is 23.9 Å². The average Bonchev–Trinajstić information content (AvgIpc) is 2.63. The first-order chi connectivity index (χ1) is 12.7. The van der Waals surface area contributed by atoms with Crippen LogP contribution in [0.5, 0.6) is 0 Å². The minimum Gasteiger partial charge on any atom is -0.478 e. The first kappa shape index (κ1) is 21.9. The van der Waals surface area contributed by atoms with E-state index in [1.807, 2.05) is 6.92 Å². The summed E-state index contributed by atoms with van der Waals surface area (Å²) in [6, 6.07) is 3.44. The zero-order valence-electron chi connectivity index (χ0n) is 15.4. The van der Waals surface area contributed by atoms with E-state index in [0.717, 1.165) is 6.07 Å². The van der Waals surface area contributed by atoms with Crippen LogP contribution >= 0.6 is 0 Å². The van der Waals surface area contributed by atoms with Gasteiger partial charge in [-0.1, -0.05) is 13.5 Å². The number of benzene rings is 1. The van der Waals surface area contributed by atoms with E-state index in [2.05, 4.69) is 6.58 Å². The number of aromatic carboxylic acids is 1. The summed E-state index contributed by atoms with van der Waals surface area (Å²) in [6.45, 7) is 7.93. The number of hydrogen-bond donors (Lipinski definition) is 1. The van der Waals surface area contributed by atoms with Crippen LogP contribution in [0.25, 0.3) is 0 Å². The van der Waals surface area contributed by atoms with E-state index in [4.69, 9.17) is 19.3 Å². The fraction of sp³-hybridized carbons (Fsp3) is 0.368. The Hall–Kier alpha value is -3.16. The second kappa shape index (κ2) is 10.1. The van der Waals surface area contributed by atoms with E-state index < -0.39 is 23.9 Å². The first-order valence-electron chi connectivity index (χ1n) is 8.25. The molecule has 0 aromatic heterocycles. The molecule has 27 heavy (non-hydrogen) atoms. The molecule has 146 valence electrons. The zero-order valence-corrected chi connectivity index (χ0v) is 15.4. The third-order valence-electron chi connectivity index (χ3n) is 3.49. The van der Waals surface area contributed by atoms with Gasteiger partial charge in [0.15, 0.2) is 0 Å². The molecule has 0 radical (unpaired) electrons. The Kier molecular flexibility index (Phi) is 8.19. The molecule has 0 bridgehead atoms. The van der Waals surface area contributed by atoms with E-state index in [1.165, 1.54) is 19.1 Å². The van der Waals surface area contributed by atoms with Gasteiger partial charge in [0.05, 0.1) is 22.8 Å². The van der Waals surface area contributed by atoms with Crippen molar-refractivity contribution < 1.29 is 38.5 Å². The van der Waals surface area contributed by atoms with E-state index in [9.17, 15) is 19.2 Å². The largest absolute Gasteiger partial charge is 0.478 e. The molecule has 1 atom stereocenters. The van der Waals surface area contributed by atoms with Crippen LogP contribution in [0.1, 0.15) is 58.3 Å². The van der Waals surface area contributed by atoms with Gasteiger partial charge in [-0.15, -0.1) is 0 Å². The number of hydrogen-bond acceptors (Lipinski definition) is 7. The molecule has 0 amide bonds. The lowest BCUT2D eigenvalue weighted by Gasteiger charge is -2.14. The van der Waals surface area contributed by atoms with E-state index in [-0.39, 0.29) is 41.6 Å². The molecular weight excluding hydrogens is 356 g/mol. The van der Waals surface area contributed by atoms with Gasteiger partial charge in [0.2, 0.25) is 0 Å². The molecule has 0 aliphatic rings. The maximum atomic E-state index is 12.3. The number of carbonyl (C=O) groups excluding carboxylic acids is 3. The minimum atomic E-state index is -1.26. The SMILES string of the molecule is C=C(C)C(=O)OCCOC(=O)c1cc(C(=O)O)ccc1C(=O)OC(C)CC. The van der Waals surface area contributed by atoms with Crippen molar-refractivity contribution in [3.05, 3.63) is 47.0 Å². The average molecular weight is 378 g/mol. The summed E-state index contributed by atoms with van der Waals surface area (Å²) in [7, 11) is 0. The van der Waals surface area contributed by atoms with Gasteiger partial charge in [-0.3, -0.25) is 0 Å². The molecular formula is C19H22O8. The van der Waals surface area contributed by atoms with Gasteiger partial charge in [-0.05, 0) is 38.5 Å². The molecule has 0 spiro atoms. The summed E-state index contributed by atoms with van der Waals surface area (Å²) < 4.78 is 15.0. The Bertz CT molecular complexity index is 750.